The second-order valence-corrected chi connectivity index (χ2v) is 8.95. The van der Waals surface area contributed by atoms with E-state index in [9.17, 15) is 10.1 Å². The Kier molecular flexibility index (Phi) is 8.43. The van der Waals surface area contributed by atoms with E-state index in [0.29, 0.717) is 35.9 Å². The van der Waals surface area contributed by atoms with Crippen molar-refractivity contribution in [2.45, 2.75) is 31.3 Å². The zero-order valence-corrected chi connectivity index (χ0v) is 21.0. The SMILES string of the molecule is COc1cc(CO[C@H]2CNCC[C@]2(OCc2ccccc2)c2ccc(Cl)cc2)c([N+](=O)[O-])cc1OC. The van der Waals surface area contributed by atoms with Crippen molar-refractivity contribution >= 4 is 17.3 Å². The highest BCUT2D eigenvalue weighted by atomic mass is 35.5. The van der Waals surface area contributed by atoms with Gasteiger partial charge in [-0.3, -0.25) is 10.1 Å². The van der Waals surface area contributed by atoms with E-state index in [-0.39, 0.29) is 18.0 Å². The Hall–Kier alpha value is -3.17. The minimum absolute atomic E-state index is 0.00689. The van der Waals surface area contributed by atoms with Crippen LogP contribution in [-0.4, -0.2) is 38.3 Å². The predicted molar refractivity (Wildman–Crippen MR) is 137 cm³/mol. The molecule has 2 atom stereocenters. The molecule has 190 valence electrons. The molecule has 1 aliphatic rings. The third-order valence-electron chi connectivity index (χ3n) is 6.42. The highest BCUT2D eigenvalue weighted by molar-refractivity contribution is 6.30. The van der Waals surface area contributed by atoms with Crippen molar-refractivity contribution < 1.29 is 23.9 Å². The Balaban J connectivity index is 1.66. The number of methoxy groups -OCH3 is 2. The Morgan fingerprint density at radius 3 is 2.39 bits per heavy atom. The second kappa shape index (κ2) is 11.7. The third kappa shape index (κ3) is 5.63. The van der Waals surface area contributed by atoms with Crippen molar-refractivity contribution in [3.8, 4) is 11.5 Å². The first-order valence-electron chi connectivity index (χ1n) is 11.6. The molecule has 4 rings (SSSR count). The largest absolute Gasteiger partial charge is 0.493 e. The molecule has 8 nitrogen and oxygen atoms in total. The van der Waals surface area contributed by atoms with Gasteiger partial charge in [0.1, 0.15) is 11.7 Å². The lowest BCUT2D eigenvalue weighted by molar-refractivity contribution is -0.386. The molecule has 1 N–H and O–H groups in total. The summed E-state index contributed by atoms with van der Waals surface area (Å²) >= 11 is 6.18. The van der Waals surface area contributed by atoms with Crippen LogP contribution >= 0.6 is 11.6 Å². The van der Waals surface area contributed by atoms with Crippen LogP contribution in [0.15, 0.2) is 66.7 Å². The van der Waals surface area contributed by atoms with Gasteiger partial charge in [-0.25, -0.2) is 0 Å². The number of nitro groups is 1. The Bertz CT molecular complexity index is 1170. The summed E-state index contributed by atoms with van der Waals surface area (Å²) in [6, 6.07) is 20.5. The average Bonchev–Trinajstić information content (AvgIpc) is 2.91. The van der Waals surface area contributed by atoms with Crippen molar-refractivity contribution in [1.82, 2.24) is 5.32 Å². The summed E-state index contributed by atoms with van der Waals surface area (Å²) in [5.74, 6) is 0.682. The van der Waals surface area contributed by atoms with Gasteiger partial charge in [-0.15, -0.1) is 0 Å². The topological polar surface area (TPSA) is 92.1 Å². The van der Waals surface area contributed by atoms with Crippen LogP contribution in [0.25, 0.3) is 0 Å². The number of nitro benzene ring substituents is 1. The minimum atomic E-state index is -0.781. The van der Waals surface area contributed by atoms with E-state index >= 15 is 0 Å². The summed E-state index contributed by atoms with van der Waals surface area (Å²) in [6.45, 7) is 1.62. The molecule has 0 radical (unpaired) electrons. The minimum Gasteiger partial charge on any atom is -0.493 e. The number of benzene rings is 3. The van der Waals surface area contributed by atoms with E-state index in [0.717, 1.165) is 17.7 Å². The summed E-state index contributed by atoms with van der Waals surface area (Å²) in [7, 11) is 2.93. The number of hydrogen-bond donors (Lipinski definition) is 1. The number of halogens is 1. The first kappa shape index (κ1) is 25.9. The van der Waals surface area contributed by atoms with Gasteiger partial charge in [-0.1, -0.05) is 54.1 Å². The monoisotopic (exact) mass is 512 g/mol. The Labute approximate surface area is 215 Å². The lowest BCUT2D eigenvalue weighted by Crippen LogP contribution is -2.54. The number of nitrogens with zero attached hydrogens (tertiary/aromatic N) is 1. The fraction of sp³-hybridized carbons (Fsp3) is 0.333. The number of hydrogen-bond acceptors (Lipinski definition) is 7. The van der Waals surface area contributed by atoms with Gasteiger partial charge < -0.3 is 24.3 Å². The maximum absolute atomic E-state index is 11.8. The van der Waals surface area contributed by atoms with Crippen LogP contribution in [0.3, 0.4) is 0 Å². The van der Waals surface area contributed by atoms with E-state index in [2.05, 4.69) is 5.32 Å². The first-order chi connectivity index (χ1) is 17.5. The van der Waals surface area contributed by atoms with Crippen molar-refractivity contribution in [2.24, 2.45) is 0 Å². The van der Waals surface area contributed by atoms with Gasteiger partial charge >= 0.3 is 0 Å². The molecule has 3 aromatic carbocycles. The van der Waals surface area contributed by atoms with Crippen LogP contribution in [-0.2, 0) is 28.3 Å². The molecular weight excluding hydrogens is 484 g/mol. The van der Waals surface area contributed by atoms with E-state index < -0.39 is 16.6 Å². The zero-order valence-electron chi connectivity index (χ0n) is 20.2. The highest BCUT2D eigenvalue weighted by Gasteiger charge is 2.44. The molecule has 1 fully saturated rings. The van der Waals surface area contributed by atoms with Gasteiger partial charge in [0.25, 0.3) is 5.69 Å². The maximum Gasteiger partial charge on any atom is 0.278 e. The molecule has 1 aliphatic heterocycles. The molecule has 1 saturated heterocycles. The molecule has 0 spiro atoms. The predicted octanol–water partition coefficient (Wildman–Crippen LogP) is 5.26. The van der Waals surface area contributed by atoms with Crippen molar-refractivity contribution in [2.75, 3.05) is 27.3 Å². The number of ether oxygens (including phenoxy) is 4. The number of nitrogens with one attached hydrogen (secondary N) is 1. The Morgan fingerprint density at radius 2 is 1.72 bits per heavy atom. The lowest BCUT2D eigenvalue weighted by Gasteiger charge is -2.44. The number of rotatable bonds is 10. The highest BCUT2D eigenvalue weighted by Crippen LogP contribution is 2.40. The van der Waals surface area contributed by atoms with Gasteiger partial charge in [0.2, 0.25) is 0 Å². The molecule has 1 heterocycles. The summed E-state index contributed by atoms with van der Waals surface area (Å²) in [6.07, 6.45) is 0.226. The third-order valence-corrected chi connectivity index (χ3v) is 6.67. The van der Waals surface area contributed by atoms with Crippen LogP contribution in [0.2, 0.25) is 5.02 Å². The van der Waals surface area contributed by atoms with Crippen molar-refractivity contribution in [3.63, 3.8) is 0 Å². The van der Waals surface area contributed by atoms with Crippen molar-refractivity contribution in [1.29, 1.82) is 0 Å². The van der Waals surface area contributed by atoms with Crippen molar-refractivity contribution in [3.05, 3.63) is 98.6 Å². The molecule has 0 saturated carbocycles. The molecule has 3 aromatic rings. The molecule has 0 bridgehead atoms. The quantitative estimate of drug-likeness (QED) is 0.293. The van der Waals surface area contributed by atoms with Gasteiger partial charge in [-0.05, 0) is 42.3 Å². The fourth-order valence-corrected chi connectivity index (χ4v) is 4.64. The summed E-state index contributed by atoms with van der Waals surface area (Å²) in [4.78, 5) is 11.3. The van der Waals surface area contributed by atoms with E-state index in [4.69, 9.17) is 30.5 Å². The van der Waals surface area contributed by atoms with Crippen LogP contribution in [0, 0.1) is 10.1 Å². The zero-order chi connectivity index (χ0) is 25.5. The molecule has 0 aromatic heterocycles. The van der Waals surface area contributed by atoms with E-state index in [1.807, 2.05) is 54.6 Å². The van der Waals surface area contributed by atoms with E-state index in [1.165, 1.54) is 20.3 Å². The van der Waals surface area contributed by atoms with Crippen LogP contribution in [0.4, 0.5) is 5.69 Å². The first-order valence-corrected chi connectivity index (χ1v) is 12.0. The standard InChI is InChI=1S/C27H29ClN2O6/c1-33-24-14-20(23(30(31)32)15-25(24)34-2)18-35-26-16-29-13-12-27(26,21-8-10-22(28)11-9-21)36-17-19-6-4-3-5-7-19/h3-11,14-15,26,29H,12-13,16-18H2,1-2H3/t26-,27-/m0/s1. The molecular formula is C27H29ClN2O6. The molecule has 0 aliphatic carbocycles. The van der Waals surface area contributed by atoms with Gasteiger partial charge in [0.05, 0.1) is 44.0 Å². The molecule has 0 unspecified atom stereocenters. The fourth-order valence-electron chi connectivity index (χ4n) is 4.51. The number of piperidine rings is 1. The van der Waals surface area contributed by atoms with Crippen LogP contribution in [0.1, 0.15) is 23.1 Å². The van der Waals surface area contributed by atoms with Crippen LogP contribution < -0.4 is 14.8 Å². The lowest BCUT2D eigenvalue weighted by atomic mass is 9.82. The average molecular weight is 513 g/mol. The second-order valence-electron chi connectivity index (χ2n) is 8.52. The molecule has 36 heavy (non-hydrogen) atoms. The maximum atomic E-state index is 11.8. The summed E-state index contributed by atoms with van der Waals surface area (Å²) < 4.78 is 23.7. The molecule has 9 heteroatoms. The summed E-state index contributed by atoms with van der Waals surface area (Å²) in [5, 5.41) is 15.8. The van der Waals surface area contributed by atoms with Gasteiger partial charge in [-0.2, -0.15) is 0 Å². The normalized spacial score (nSPS) is 19.6. The smallest absolute Gasteiger partial charge is 0.278 e. The van der Waals surface area contributed by atoms with Crippen LogP contribution in [0.5, 0.6) is 11.5 Å². The van der Waals surface area contributed by atoms with Gasteiger partial charge in [0.15, 0.2) is 11.5 Å². The summed E-state index contributed by atoms with van der Waals surface area (Å²) in [5.41, 5.74) is 1.49. The Morgan fingerprint density at radius 1 is 1.03 bits per heavy atom. The van der Waals surface area contributed by atoms with Gasteiger partial charge in [0, 0.05) is 11.6 Å². The molecule has 0 amide bonds. The van der Waals surface area contributed by atoms with E-state index in [1.54, 1.807) is 6.07 Å².